The van der Waals surface area contributed by atoms with Crippen LogP contribution in [0.25, 0.3) is 141 Å². The summed E-state index contributed by atoms with van der Waals surface area (Å²) >= 11 is 0. The Morgan fingerprint density at radius 1 is 0.183 bits per heavy atom. The van der Waals surface area contributed by atoms with E-state index in [9.17, 15) is 0 Å². The largest absolute Gasteiger partial charge is 0.0622 e. The zero-order valence-corrected chi connectivity index (χ0v) is 32.6. The standard InChI is InChI=1S/C60H34/c1-5-16-35(17-6-1)40-29-28-39-32-49-57-51(33-47(36-18-7-2-8-19-36)45-31-30-44(40)53(39)58(45)57)60-54(38-22-11-4-12-23-38)56-46-27-15-26-43-41-24-13-14-25-42(41)48(55(43)46)34-50(56)52(59(49)60)37-20-9-3-10-21-37/h1-34H. The highest BCUT2D eigenvalue weighted by Crippen LogP contribution is 2.57. The van der Waals surface area contributed by atoms with Crippen LogP contribution in [-0.4, -0.2) is 0 Å². The highest BCUT2D eigenvalue weighted by molar-refractivity contribution is 6.48. The van der Waals surface area contributed by atoms with E-state index in [4.69, 9.17) is 0 Å². The van der Waals surface area contributed by atoms with Gasteiger partial charge < -0.3 is 0 Å². The van der Waals surface area contributed by atoms with Crippen molar-refractivity contribution in [3.05, 3.63) is 206 Å². The molecule has 60 heavy (non-hydrogen) atoms. The summed E-state index contributed by atoms with van der Waals surface area (Å²) in [4.78, 5) is 0. The Morgan fingerprint density at radius 2 is 0.700 bits per heavy atom. The lowest BCUT2D eigenvalue weighted by Gasteiger charge is -2.19. The number of benzene rings is 12. The summed E-state index contributed by atoms with van der Waals surface area (Å²) in [5, 5.41) is 23.8. The van der Waals surface area contributed by atoms with Crippen molar-refractivity contribution in [3.8, 4) is 44.5 Å². The summed E-state index contributed by atoms with van der Waals surface area (Å²) in [6.45, 7) is 0. The Bertz CT molecular complexity index is 4000. The second kappa shape index (κ2) is 11.9. The van der Waals surface area contributed by atoms with Crippen molar-refractivity contribution < 1.29 is 0 Å². The molecule has 0 aliphatic carbocycles. The fourth-order valence-electron chi connectivity index (χ4n) is 11.3. The third kappa shape index (κ3) is 4.15. The first kappa shape index (κ1) is 32.2. The molecule has 14 rings (SSSR count). The molecule has 0 nitrogen and oxygen atoms in total. The van der Waals surface area contributed by atoms with Gasteiger partial charge in [0.05, 0.1) is 0 Å². The van der Waals surface area contributed by atoms with Crippen molar-refractivity contribution in [1.82, 2.24) is 0 Å². The monoisotopic (exact) mass is 754 g/mol. The minimum atomic E-state index is 1.23. The minimum absolute atomic E-state index is 1.23. The van der Waals surface area contributed by atoms with Gasteiger partial charge in [-0.1, -0.05) is 188 Å². The van der Waals surface area contributed by atoms with Crippen molar-refractivity contribution in [3.63, 3.8) is 0 Å². The van der Waals surface area contributed by atoms with Crippen molar-refractivity contribution in [2.75, 3.05) is 0 Å². The van der Waals surface area contributed by atoms with Crippen LogP contribution in [0.4, 0.5) is 0 Å². The molecule has 14 aromatic carbocycles. The normalized spacial score (nSPS) is 12.3. The predicted molar refractivity (Wildman–Crippen MR) is 259 cm³/mol. The summed E-state index contributed by atoms with van der Waals surface area (Å²) in [6.07, 6.45) is 0. The van der Waals surface area contributed by atoms with Crippen molar-refractivity contribution in [1.29, 1.82) is 0 Å². The van der Waals surface area contributed by atoms with Crippen LogP contribution in [0.1, 0.15) is 0 Å². The summed E-state index contributed by atoms with van der Waals surface area (Å²) in [5.41, 5.74) is 10.1. The smallest absolute Gasteiger partial charge is 0.000696 e. The average molecular weight is 755 g/mol. The van der Waals surface area contributed by atoms with E-state index < -0.39 is 0 Å². The van der Waals surface area contributed by atoms with Gasteiger partial charge in [-0.05, 0) is 160 Å². The zero-order chi connectivity index (χ0) is 39.1. The van der Waals surface area contributed by atoms with Crippen LogP contribution in [0.15, 0.2) is 206 Å². The zero-order valence-electron chi connectivity index (χ0n) is 32.6. The van der Waals surface area contributed by atoms with Crippen LogP contribution < -0.4 is 0 Å². The fourth-order valence-corrected chi connectivity index (χ4v) is 11.3. The molecule has 0 saturated heterocycles. The van der Waals surface area contributed by atoms with Crippen LogP contribution in [0.3, 0.4) is 0 Å². The number of hydrogen-bond donors (Lipinski definition) is 0. The summed E-state index contributed by atoms with van der Waals surface area (Å²) in [6, 6.07) is 77.4. The van der Waals surface area contributed by atoms with Gasteiger partial charge in [0.2, 0.25) is 0 Å². The van der Waals surface area contributed by atoms with Gasteiger partial charge in [0, 0.05) is 0 Å². The Morgan fingerprint density at radius 3 is 1.38 bits per heavy atom. The molecule has 0 aliphatic heterocycles. The second-order valence-electron chi connectivity index (χ2n) is 16.6. The number of fused-ring (bicyclic) bond motifs is 8. The van der Waals surface area contributed by atoms with Crippen molar-refractivity contribution in [2.45, 2.75) is 0 Å². The quantitative estimate of drug-likeness (QED) is 0.157. The molecule has 14 aromatic rings. The van der Waals surface area contributed by atoms with Gasteiger partial charge in [-0.15, -0.1) is 0 Å². The molecular weight excluding hydrogens is 721 g/mol. The highest BCUT2D eigenvalue weighted by atomic mass is 14.3. The first-order valence-corrected chi connectivity index (χ1v) is 21.0. The van der Waals surface area contributed by atoms with Gasteiger partial charge in [-0.25, -0.2) is 0 Å². The number of rotatable bonds is 4. The average Bonchev–Trinajstić information content (AvgIpc) is 3.82. The van der Waals surface area contributed by atoms with E-state index in [2.05, 4.69) is 206 Å². The Kier molecular flexibility index (Phi) is 6.38. The summed E-state index contributed by atoms with van der Waals surface area (Å²) < 4.78 is 0. The predicted octanol–water partition coefficient (Wildman–Crippen LogP) is 17.0. The Balaban J connectivity index is 1.31. The third-order valence-corrected chi connectivity index (χ3v) is 13.7. The molecule has 0 N–H and O–H groups in total. The van der Waals surface area contributed by atoms with Crippen LogP contribution in [0.5, 0.6) is 0 Å². The molecule has 0 fully saturated rings. The molecule has 0 aromatic heterocycles. The highest BCUT2D eigenvalue weighted by Gasteiger charge is 2.29. The molecule has 0 amide bonds. The number of hydrogen-bond acceptors (Lipinski definition) is 0. The maximum absolute atomic E-state index is 2.54. The molecular formula is C60H34. The van der Waals surface area contributed by atoms with Crippen molar-refractivity contribution >= 4 is 97.0 Å². The van der Waals surface area contributed by atoms with Gasteiger partial charge in [0.15, 0.2) is 0 Å². The minimum Gasteiger partial charge on any atom is -0.0622 e. The molecule has 274 valence electrons. The lowest BCUT2D eigenvalue weighted by Crippen LogP contribution is -1.91. The summed E-state index contributed by atoms with van der Waals surface area (Å²) in [5.74, 6) is 0. The van der Waals surface area contributed by atoms with Gasteiger partial charge in [0.1, 0.15) is 0 Å². The molecule has 0 heterocycles. The molecule has 0 bridgehead atoms. The van der Waals surface area contributed by atoms with Crippen LogP contribution >= 0.6 is 0 Å². The Hall–Kier alpha value is -7.80. The topological polar surface area (TPSA) is 0 Å². The van der Waals surface area contributed by atoms with E-state index in [1.165, 1.54) is 141 Å². The molecule has 0 saturated carbocycles. The lowest BCUT2D eigenvalue weighted by molar-refractivity contribution is 1.66. The van der Waals surface area contributed by atoms with E-state index in [1.54, 1.807) is 0 Å². The lowest BCUT2D eigenvalue weighted by atomic mass is 9.83. The summed E-state index contributed by atoms with van der Waals surface area (Å²) in [7, 11) is 0. The molecule has 0 atom stereocenters. The van der Waals surface area contributed by atoms with E-state index >= 15 is 0 Å². The SMILES string of the molecule is c1ccc(-c2ccc3cc4c5c(-c6ccccc6)c6cc7c8ccccc8c8cccc(c6c(-c6ccccc6)c5c5cc(-c6ccccc6)c6ccc2c3c6c45)c87)cc1. The van der Waals surface area contributed by atoms with Gasteiger partial charge in [-0.2, -0.15) is 0 Å². The molecule has 0 spiro atoms. The molecule has 0 radical (unpaired) electrons. The first-order chi connectivity index (χ1) is 29.8. The fraction of sp³-hybridized carbons (Fsp3) is 0. The third-order valence-electron chi connectivity index (χ3n) is 13.7. The maximum atomic E-state index is 2.54. The Labute approximate surface area is 346 Å². The maximum Gasteiger partial charge on any atom is -0.000696 e. The van der Waals surface area contributed by atoms with E-state index in [1.807, 2.05) is 0 Å². The van der Waals surface area contributed by atoms with Crippen LogP contribution in [-0.2, 0) is 0 Å². The van der Waals surface area contributed by atoms with Crippen molar-refractivity contribution in [2.24, 2.45) is 0 Å². The van der Waals surface area contributed by atoms with Crippen LogP contribution in [0, 0.1) is 0 Å². The molecule has 0 unspecified atom stereocenters. The van der Waals surface area contributed by atoms with Gasteiger partial charge in [0.25, 0.3) is 0 Å². The van der Waals surface area contributed by atoms with E-state index in [0.29, 0.717) is 0 Å². The second-order valence-corrected chi connectivity index (χ2v) is 16.6. The van der Waals surface area contributed by atoms with Crippen LogP contribution in [0.2, 0.25) is 0 Å². The van der Waals surface area contributed by atoms with E-state index in [-0.39, 0.29) is 0 Å². The van der Waals surface area contributed by atoms with E-state index in [0.717, 1.165) is 0 Å². The molecule has 0 aliphatic rings. The first-order valence-electron chi connectivity index (χ1n) is 21.0. The van der Waals surface area contributed by atoms with Gasteiger partial charge in [-0.3, -0.25) is 0 Å². The molecule has 0 heteroatoms. The van der Waals surface area contributed by atoms with Gasteiger partial charge >= 0.3 is 0 Å².